The molecule has 21 heavy (non-hydrogen) atoms. The molecule has 2 rings (SSSR count). The first-order valence-electron chi connectivity index (χ1n) is 6.94. The molecule has 2 aromatic carbocycles. The molecule has 0 fully saturated rings. The van der Waals surface area contributed by atoms with Crippen LogP contribution in [-0.2, 0) is 4.79 Å². The predicted molar refractivity (Wildman–Crippen MR) is 84.2 cm³/mol. The van der Waals surface area contributed by atoms with Crippen molar-refractivity contribution in [1.29, 1.82) is 0 Å². The molecule has 0 aliphatic carbocycles. The van der Waals surface area contributed by atoms with E-state index in [1.807, 2.05) is 49.4 Å². The Morgan fingerprint density at radius 2 is 1.90 bits per heavy atom. The summed E-state index contributed by atoms with van der Waals surface area (Å²) in [5.74, 6) is -0.190. The van der Waals surface area contributed by atoms with Crippen LogP contribution in [0.5, 0.6) is 5.75 Å². The van der Waals surface area contributed by atoms with E-state index in [4.69, 9.17) is 4.74 Å². The average molecular weight is 282 g/mol. The number of carbonyl (C=O) groups is 1. The van der Waals surface area contributed by atoms with Crippen molar-refractivity contribution in [2.75, 3.05) is 6.61 Å². The van der Waals surface area contributed by atoms with Crippen molar-refractivity contribution in [1.82, 2.24) is 0 Å². The van der Waals surface area contributed by atoms with Gasteiger partial charge >= 0.3 is 5.97 Å². The van der Waals surface area contributed by atoms with Gasteiger partial charge in [-0.15, -0.1) is 0 Å². The Morgan fingerprint density at radius 3 is 2.57 bits per heavy atom. The quantitative estimate of drug-likeness (QED) is 0.641. The van der Waals surface area contributed by atoms with Gasteiger partial charge in [0.25, 0.3) is 0 Å². The summed E-state index contributed by atoms with van der Waals surface area (Å²) in [6.07, 6.45) is 2.60. The highest BCUT2D eigenvalue weighted by Gasteiger charge is 2.10. The minimum absolute atomic E-state index is 0.267. The fraction of sp³-hybridized carbons (Fsp3) is 0.167. The molecule has 108 valence electrons. The highest BCUT2D eigenvalue weighted by Crippen LogP contribution is 2.21. The van der Waals surface area contributed by atoms with Gasteiger partial charge in [0.05, 0.1) is 12.2 Å². The van der Waals surface area contributed by atoms with Crippen molar-refractivity contribution in [2.24, 2.45) is 0 Å². The highest BCUT2D eigenvalue weighted by molar-refractivity contribution is 6.20. The van der Waals surface area contributed by atoms with Crippen molar-refractivity contribution in [3.63, 3.8) is 0 Å². The van der Waals surface area contributed by atoms with E-state index in [2.05, 4.69) is 0 Å². The first-order chi connectivity index (χ1) is 10.2. The van der Waals surface area contributed by atoms with Crippen molar-refractivity contribution in [3.05, 3.63) is 65.7 Å². The maximum Gasteiger partial charge on any atom is 0.336 e. The van der Waals surface area contributed by atoms with Gasteiger partial charge in [0.15, 0.2) is 0 Å². The maximum atomic E-state index is 11.5. The minimum atomic E-state index is -0.943. The van der Waals surface area contributed by atoms with Gasteiger partial charge in [-0.25, -0.2) is 4.79 Å². The molecule has 0 aliphatic heterocycles. The van der Waals surface area contributed by atoms with Crippen molar-refractivity contribution in [3.8, 4) is 5.75 Å². The molecule has 2 aromatic rings. The lowest BCUT2D eigenvalue weighted by atomic mass is 10.0. The Kier molecular flexibility index (Phi) is 5.16. The Balaban J connectivity index is 2.33. The van der Waals surface area contributed by atoms with Crippen molar-refractivity contribution < 1.29 is 14.6 Å². The van der Waals surface area contributed by atoms with Crippen LogP contribution < -0.4 is 4.74 Å². The van der Waals surface area contributed by atoms with E-state index < -0.39 is 5.97 Å². The molecular formula is C18H18O3. The number of benzene rings is 2. The van der Waals surface area contributed by atoms with E-state index in [0.717, 1.165) is 17.7 Å². The number of aliphatic carboxylic acids is 1. The number of carboxylic acid groups (broad SMARTS) is 1. The molecule has 0 spiro atoms. The van der Waals surface area contributed by atoms with Gasteiger partial charge in [-0.1, -0.05) is 49.4 Å². The summed E-state index contributed by atoms with van der Waals surface area (Å²) >= 11 is 0. The number of hydrogen-bond donors (Lipinski definition) is 1. The molecule has 0 saturated carbocycles. The van der Waals surface area contributed by atoms with E-state index in [0.29, 0.717) is 12.2 Å². The van der Waals surface area contributed by atoms with E-state index in [1.54, 1.807) is 18.2 Å². The Labute approximate surface area is 124 Å². The van der Waals surface area contributed by atoms with Crippen LogP contribution in [0.15, 0.2) is 54.6 Å². The molecule has 0 aliphatic rings. The third kappa shape index (κ3) is 4.21. The predicted octanol–water partition coefficient (Wildman–Crippen LogP) is 4.10. The van der Waals surface area contributed by atoms with Gasteiger partial charge < -0.3 is 9.84 Å². The molecule has 0 saturated heterocycles. The number of ether oxygens (including phenoxy) is 1. The SMILES string of the molecule is CCCOc1cccc(/C=C(\C(=O)O)c2ccccc2)c1. The molecule has 0 radical (unpaired) electrons. The van der Waals surface area contributed by atoms with Crippen LogP contribution in [0.3, 0.4) is 0 Å². The Bertz CT molecular complexity index is 630. The zero-order chi connectivity index (χ0) is 15.1. The fourth-order valence-corrected chi connectivity index (χ4v) is 1.97. The normalized spacial score (nSPS) is 11.2. The molecule has 0 amide bonds. The second-order valence-electron chi connectivity index (χ2n) is 4.65. The first kappa shape index (κ1) is 14.9. The van der Waals surface area contributed by atoms with Crippen LogP contribution in [0.4, 0.5) is 0 Å². The van der Waals surface area contributed by atoms with Gasteiger partial charge in [0.2, 0.25) is 0 Å². The largest absolute Gasteiger partial charge is 0.494 e. The van der Waals surface area contributed by atoms with E-state index in [-0.39, 0.29) is 5.57 Å². The topological polar surface area (TPSA) is 46.5 Å². The average Bonchev–Trinajstić information content (AvgIpc) is 2.51. The van der Waals surface area contributed by atoms with E-state index >= 15 is 0 Å². The van der Waals surface area contributed by atoms with Gasteiger partial charge in [-0.3, -0.25) is 0 Å². The lowest BCUT2D eigenvalue weighted by Crippen LogP contribution is -1.99. The van der Waals surface area contributed by atoms with E-state index in [1.165, 1.54) is 0 Å². The summed E-state index contributed by atoms with van der Waals surface area (Å²) in [5.41, 5.74) is 1.76. The van der Waals surface area contributed by atoms with Crippen molar-refractivity contribution >= 4 is 17.6 Å². The van der Waals surface area contributed by atoms with Crippen LogP contribution in [-0.4, -0.2) is 17.7 Å². The number of hydrogen-bond acceptors (Lipinski definition) is 2. The minimum Gasteiger partial charge on any atom is -0.494 e. The molecule has 0 heterocycles. The van der Waals surface area contributed by atoms with Gasteiger partial charge in [-0.05, 0) is 35.8 Å². The molecule has 3 nitrogen and oxygen atoms in total. The van der Waals surface area contributed by atoms with Gasteiger partial charge in [0, 0.05) is 0 Å². The highest BCUT2D eigenvalue weighted by atomic mass is 16.5. The van der Waals surface area contributed by atoms with E-state index in [9.17, 15) is 9.90 Å². The molecule has 0 aromatic heterocycles. The number of carboxylic acids is 1. The van der Waals surface area contributed by atoms with Crippen LogP contribution in [0, 0.1) is 0 Å². The van der Waals surface area contributed by atoms with Crippen LogP contribution in [0.1, 0.15) is 24.5 Å². The van der Waals surface area contributed by atoms with Crippen LogP contribution in [0.2, 0.25) is 0 Å². The molecule has 0 atom stereocenters. The zero-order valence-corrected chi connectivity index (χ0v) is 12.0. The molecule has 1 N–H and O–H groups in total. The summed E-state index contributed by atoms with van der Waals surface area (Å²) in [5, 5.41) is 9.40. The number of rotatable bonds is 6. The van der Waals surface area contributed by atoms with Crippen LogP contribution >= 0.6 is 0 Å². The third-order valence-electron chi connectivity index (χ3n) is 2.96. The lowest BCUT2D eigenvalue weighted by molar-refractivity contribution is -0.130. The zero-order valence-electron chi connectivity index (χ0n) is 12.0. The molecule has 3 heteroatoms. The first-order valence-corrected chi connectivity index (χ1v) is 6.94. The summed E-state index contributed by atoms with van der Waals surface area (Å²) in [6.45, 7) is 2.69. The summed E-state index contributed by atoms with van der Waals surface area (Å²) in [4.78, 5) is 11.5. The molecular weight excluding hydrogens is 264 g/mol. The van der Waals surface area contributed by atoms with Crippen molar-refractivity contribution in [2.45, 2.75) is 13.3 Å². The smallest absolute Gasteiger partial charge is 0.336 e. The Hall–Kier alpha value is -2.55. The second kappa shape index (κ2) is 7.29. The van der Waals surface area contributed by atoms with Crippen LogP contribution in [0.25, 0.3) is 11.6 Å². The molecule has 0 bridgehead atoms. The summed E-state index contributed by atoms with van der Waals surface area (Å²) in [6, 6.07) is 16.5. The summed E-state index contributed by atoms with van der Waals surface area (Å²) in [7, 11) is 0. The standard InChI is InChI=1S/C18H18O3/c1-2-11-21-16-10-6-7-14(12-16)13-17(18(19)20)15-8-4-3-5-9-15/h3-10,12-13H,2,11H2,1H3,(H,19,20)/b17-13-. The second-order valence-corrected chi connectivity index (χ2v) is 4.65. The Morgan fingerprint density at radius 1 is 1.14 bits per heavy atom. The lowest BCUT2D eigenvalue weighted by Gasteiger charge is -2.06. The molecule has 0 unspecified atom stereocenters. The van der Waals surface area contributed by atoms with Gasteiger partial charge in [-0.2, -0.15) is 0 Å². The summed E-state index contributed by atoms with van der Waals surface area (Å²) < 4.78 is 5.57. The monoisotopic (exact) mass is 282 g/mol. The van der Waals surface area contributed by atoms with Gasteiger partial charge in [0.1, 0.15) is 5.75 Å². The maximum absolute atomic E-state index is 11.5. The third-order valence-corrected chi connectivity index (χ3v) is 2.96. The fourth-order valence-electron chi connectivity index (χ4n) is 1.97.